The zero-order valence-electron chi connectivity index (χ0n) is 18.2. The molecule has 0 spiro atoms. The van der Waals surface area contributed by atoms with Gasteiger partial charge in [0, 0.05) is 0 Å². The first-order valence-corrected chi connectivity index (χ1v) is 17.0. The molecule has 0 amide bonds. The van der Waals surface area contributed by atoms with Crippen molar-refractivity contribution in [3.63, 3.8) is 0 Å². The molecule has 1 aromatic heterocycles. The van der Waals surface area contributed by atoms with Gasteiger partial charge in [-0.2, -0.15) is 0 Å². The van der Waals surface area contributed by atoms with Crippen LogP contribution in [0.25, 0.3) is 0 Å². The predicted molar refractivity (Wildman–Crippen MR) is 118 cm³/mol. The summed E-state index contributed by atoms with van der Waals surface area (Å²) in [6.07, 6.45) is 5.10. The Kier molecular flexibility index (Phi) is 9.93. The quantitative estimate of drug-likeness (QED) is 0.340. The molecule has 27 heavy (non-hydrogen) atoms. The second kappa shape index (κ2) is 11.4. The summed E-state index contributed by atoms with van der Waals surface area (Å²) in [5, 5.41) is 0. The van der Waals surface area contributed by atoms with Gasteiger partial charge in [-0.1, -0.05) is 0 Å². The van der Waals surface area contributed by atoms with Crippen molar-refractivity contribution in [2.24, 2.45) is 11.3 Å². The van der Waals surface area contributed by atoms with Crippen molar-refractivity contribution in [1.29, 1.82) is 0 Å². The minimum absolute atomic E-state index is 0.108. The Morgan fingerprint density at radius 3 is 2.26 bits per heavy atom. The summed E-state index contributed by atoms with van der Waals surface area (Å²) in [5.74, 6) is 1.70. The van der Waals surface area contributed by atoms with E-state index < -0.39 is 19.8 Å². The molecule has 0 aromatic carbocycles. The molecular weight excluding hydrogens is 463 g/mol. The van der Waals surface area contributed by atoms with Crippen molar-refractivity contribution in [1.82, 2.24) is 0 Å². The third kappa shape index (κ3) is 7.52. The molecule has 3 nitrogen and oxygen atoms in total. The van der Waals surface area contributed by atoms with E-state index in [-0.39, 0.29) is 11.7 Å². The maximum atomic E-state index is 6.30. The molecule has 0 aliphatic carbocycles. The van der Waals surface area contributed by atoms with E-state index in [1.165, 1.54) is 39.4 Å². The molecule has 2 heterocycles. The van der Waals surface area contributed by atoms with E-state index >= 15 is 0 Å². The number of unbranched alkanes of at least 4 members (excludes halogenated alkanes) is 2. The normalized spacial score (nSPS) is 17.8. The molecule has 1 fully saturated rings. The second-order valence-corrected chi connectivity index (χ2v) is 18.8. The number of hydrogen-bond donors (Lipinski definition) is 0. The average molecular weight is 502 g/mol. The van der Waals surface area contributed by atoms with Gasteiger partial charge in [-0.25, -0.2) is 0 Å². The van der Waals surface area contributed by atoms with Crippen molar-refractivity contribution in [3.05, 3.63) is 10.9 Å². The molecule has 1 aliphatic rings. The van der Waals surface area contributed by atoms with E-state index in [9.17, 15) is 0 Å². The Morgan fingerprint density at radius 1 is 1.15 bits per heavy atom. The van der Waals surface area contributed by atoms with Gasteiger partial charge in [0.1, 0.15) is 0 Å². The maximum absolute atomic E-state index is 6.30. The van der Waals surface area contributed by atoms with Crippen LogP contribution in [0.5, 0.6) is 5.75 Å². The Hall–Kier alpha value is 0.219. The van der Waals surface area contributed by atoms with Gasteiger partial charge in [0.05, 0.1) is 0 Å². The van der Waals surface area contributed by atoms with Gasteiger partial charge in [0.25, 0.3) is 0 Å². The molecule has 0 atom stereocenters. The molecule has 1 saturated heterocycles. The van der Waals surface area contributed by atoms with Crippen LogP contribution < -0.4 is 7.63 Å². The van der Waals surface area contributed by atoms with Gasteiger partial charge < -0.3 is 0 Å². The molecule has 155 valence electrons. The first kappa shape index (κ1) is 23.5. The zero-order chi connectivity index (χ0) is 19.9. The fourth-order valence-electron chi connectivity index (χ4n) is 3.11. The third-order valence-electron chi connectivity index (χ3n) is 4.76. The monoisotopic (exact) mass is 503 g/mol. The van der Waals surface area contributed by atoms with Crippen molar-refractivity contribution in [2.75, 3.05) is 19.8 Å². The van der Waals surface area contributed by atoms with Gasteiger partial charge in [0.15, 0.2) is 0 Å². The van der Waals surface area contributed by atoms with Crippen LogP contribution in [0.15, 0.2) is 6.07 Å². The Labute approximate surface area is 177 Å². The first-order valence-electron chi connectivity index (χ1n) is 10.7. The van der Waals surface area contributed by atoms with Crippen molar-refractivity contribution < 1.29 is 14.2 Å². The summed E-state index contributed by atoms with van der Waals surface area (Å²) in [4.78, 5) is 1.21. The second-order valence-electron chi connectivity index (χ2n) is 8.98. The Bertz CT molecular complexity index is 538. The molecule has 1 radical (unpaired) electrons. The fraction of sp³-hybridized carbons (Fsp3) is 0.818. The molecule has 0 unspecified atom stereocenters. The van der Waals surface area contributed by atoms with E-state index in [2.05, 4.69) is 47.6 Å². The first-order chi connectivity index (χ1) is 12.9. The van der Waals surface area contributed by atoms with Gasteiger partial charge in [-0.15, -0.1) is 0 Å². The van der Waals surface area contributed by atoms with E-state index in [1.807, 2.05) is 11.3 Å². The van der Waals surface area contributed by atoms with Gasteiger partial charge in [-0.05, 0) is 0 Å². The molecule has 0 N–H and O–H groups in total. The molecule has 2 rings (SSSR count). The molecule has 0 saturated carbocycles. The summed E-state index contributed by atoms with van der Waals surface area (Å²) >= 11 is 0.268. The van der Waals surface area contributed by atoms with Crippen LogP contribution in [0.3, 0.4) is 0 Å². The van der Waals surface area contributed by atoms with Crippen LogP contribution in [0.2, 0.25) is 8.87 Å². The van der Waals surface area contributed by atoms with Crippen LogP contribution in [0.4, 0.5) is 0 Å². The summed E-state index contributed by atoms with van der Waals surface area (Å²) in [5.41, 5.74) is 0.108. The Balaban J connectivity index is 2.21. The van der Waals surface area contributed by atoms with E-state index in [1.54, 1.807) is 2.89 Å². The van der Waals surface area contributed by atoms with Crippen molar-refractivity contribution >= 4 is 34.0 Å². The van der Waals surface area contributed by atoms with Crippen LogP contribution >= 0.6 is 11.3 Å². The fourth-order valence-corrected chi connectivity index (χ4v) is 15.6. The molecule has 1 aliphatic heterocycles. The van der Waals surface area contributed by atoms with Gasteiger partial charge >= 0.3 is 178 Å². The number of ether oxygens (including phenoxy) is 3. The van der Waals surface area contributed by atoms with Gasteiger partial charge in [0.2, 0.25) is 0 Å². The molecule has 5 heteroatoms. The SMILES string of the molecule is CCC[CH2][Sn]([CH2]CCC)[c]1sc(C2OCC(C)(C)CO2)cc1OCC(C)C. The minimum atomic E-state index is -1.67. The molecule has 1 aromatic rings. The summed E-state index contributed by atoms with van der Waals surface area (Å²) in [6, 6.07) is 2.24. The van der Waals surface area contributed by atoms with Crippen LogP contribution in [-0.4, -0.2) is 39.6 Å². The van der Waals surface area contributed by atoms with Gasteiger partial charge in [-0.3, -0.25) is 0 Å². The summed E-state index contributed by atoms with van der Waals surface area (Å²) < 4.78 is 22.9. The number of hydrogen-bond acceptors (Lipinski definition) is 4. The topological polar surface area (TPSA) is 27.7 Å². The van der Waals surface area contributed by atoms with E-state index in [0.29, 0.717) is 5.92 Å². The predicted octanol–water partition coefficient (Wildman–Crippen LogP) is 6.16. The standard InChI is InChI=1S/C14H21O3S.2C4H9.Sn/c1-10(2)6-15-11-5-12(18-7-11)13-16-8-14(3,4)9-17-13;2*1-3-4-2;/h5,10,13H,6,8-9H2,1-4H3;2*1,3-4H2,2H3;. The Morgan fingerprint density at radius 2 is 1.74 bits per heavy atom. The summed E-state index contributed by atoms with van der Waals surface area (Å²) in [7, 11) is 0. The van der Waals surface area contributed by atoms with Crippen LogP contribution in [0, 0.1) is 11.3 Å². The van der Waals surface area contributed by atoms with Crippen molar-refractivity contribution in [3.8, 4) is 5.75 Å². The summed E-state index contributed by atoms with van der Waals surface area (Å²) in [6.45, 7) is 15.7. The zero-order valence-corrected chi connectivity index (χ0v) is 21.9. The molecule has 0 bridgehead atoms. The number of thiophene rings is 1. The third-order valence-corrected chi connectivity index (χ3v) is 16.5. The van der Waals surface area contributed by atoms with Crippen LogP contribution in [-0.2, 0) is 9.47 Å². The van der Waals surface area contributed by atoms with Crippen molar-refractivity contribution in [2.45, 2.75) is 82.4 Å². The molecular formula is C22H39O3SSn. The number of rotatable bonds is 11. The van der Waals surface area contributed by atoms with E-state index in [4.69, 9.17) is 14.2 Å². The van der Waals surface area contributed by atoms with E-state index in [0.717, 1.165) is 25.6 Å². The average Bonchev–Trinajstić information content (AvgIpc) is 3.04. The van der Waals surface area contributed by atoms with Crippen LogP contribution in [0.1, 0.15) is 78.4 Å².